The number of hydrogen-bond donors (Lipinski definition) is 3. The third kappa shape index (κ3) is 1.75. The van der Waals surface area contributed by atoms with E-state index in [1.54, 1.807) is 12.1 Å². The van der Waals surface area contributed by atoms with Gasteiger partial charge in [0.2, 0.25) is 0 Å². The van der Waals surface area contributed by atoms with Crippen molar-refractivity contribution in [1.29, 1.82) is 0 Å². The van der Waals surface area contributed by atoms with Crippen LogP contribution < -0.4 is 5.56 Å². The molecule has 16 heavy (non-hydrogen) atoms. The molecular formula is C11H9NO4. The van der Waals surface area contributed by atoms with Crippen LogP contribution in [0.15, 0.2) is 29.1 Å². The van der Waals surface area contributed by atoms with Gasteiger partial charge >= 0.3 is 5.97 Å². The lowest BCUT2D eigenvalue weighted by Gasteiger charge is -2.02. The molecule has 0 saturated carbocycles. The maximum atomic E-state index is 11.5. The molecule has 0 amide bonds. The van der Waals surface area contributed by atoms with E-state index in [9.17, 15) is 14.7 Å². The number of H-pyrrole nitrogens is 1. The number of aromatic hydroxyl groups is 1. The predicted molar refractivity (Wildman–Crippen MR) is 57.6 cm³/mol. The number of aliphatic carboxylic acids is 1. The first-order valence-electron chi connectivity index (χ1n) is 4.63. The second-order valence-electron chi connectivity index (χ2n) is 3.44. The van der Waals surface area contributed by atoms with Crippen molar-refractivity contribution in [3.63, 3.8) is 0 Å². The summed E-state index contributed by atoms with van der Waals surface area (Å²) in [4.78, 5) is 24.5. The van der Waals surface area contributed by atoms with E-state index < -0.39 is 11.5 Å². The van der Waals surface area contributed by atoms with Crippen molar-refractivity contribution in [2.24, 2.45) is 0 Å². The molecule has 0 saturated heterocycles. The molecule has 0 aliphatic carbocycles. The minimum atomic E-state index is -1.06. The largest absolute Gasteiger partial charge is 0.506 e. The van der Waals surface area contributed by atoms with Gasteiger partial charge in [0.25, 0.3) is 5.56 Å². The van der Waals surface area contributed by atoms with Crippen LogP contribution in [-0.2, 0) is 11.2 Å². The van der Waals surface area contributed by atoms with E-state index in [4.69, 9.17) is 5.11 Å². The van der Waals surface area contributed by atoms with Crippen LogP contribution in [0, 0.1) is 0 Å². The Balaban J connectivity index is 2.68. The van der Waals surface area contributed by atoms with Crippen LogP contribution in [-0.4, -0.2) is 21.2 Å². The maximum absolute atomic E-state index is 11.5. The van der Waals surface area contributed by atoms with E-state index in [0.29, 0.717) is 10.9 Å². The summed E-state index contributed by atoms with van der Waals surface area (Å²) in [5, 5.41) is 18.7. The Morgan fingerprint density at radius 1 is 1.38 bits per heavy atom. The number of nitrogens with one attached hydrogen (secondary N) is 1. The Kier molecular flexibility index (Phi) is 2.36. The average molecular weight is 219 g/mol. The van der Waals surface area contributed by atoms with Gasteiger partial charge in [-0.1, -0.05) is 12.1 Å². The lowest BCUT2D eigenvalue weighted by Crippen LogP contribution is -2.15. The van der Waals surface area contributed by atoms with Crippen LogP contribution in [0.25, 0.3) is 10.9 Å². The van der Waals surface area contributed by atoms with E-state index >= 15 is 0 Å². The summed E-state index contributed by atoms with van der Waals surface area (Å²) in [6.07, 6.45) is -0.332. The molecule has 0 atom stereocenters. The summed E-state index contributed by atoms with van der Waals surface area (Å²) < 4.78 is 0. The molecule has 5 heteroatoms. The number of phenols is 1. The molecule has 0 aliphatic heterocycles. The van der Waals surface area contributed by atoms with Crippen molar-refractivity contribution in [3.8, 4) is 5.75 Å². The molecule has 1 aromatic carbocycles. The Morgan fingerprint density at radius 3 is 2.81 bits per heavy atom. The highest BCUT2D eigenvalue weighted by Crippen LogP contribution is 2.21. The molecule has 2 rings (SSSR count). The number of para-hydroxylation sites is 1. The molecular weight excluding hydrogens is 210 g/mol. The van der Waals surface area contributed by atoms with Gasteiger partial charge in [0, 0.05) is 10.9 Å². The number of pyridine rings is 1. The highest BCUT2D eigenvalue weighted by molar-refractivity contribution is 5.85. The Hall–Kier alpha value is -2.30. The normalized spacial score (nSPS) is 10.5. The van der Waals surface area contributed by atoms with Gasteiger partial charge in [0.1, 0.15) is 5.75 Å². The summed E-state index contributed by atoms with van der Waals surface area (Å²) in [6, 6.07) is 6.24. The number of carbonyl (C=O) groups is 1. The van der Waals surface area contributed by atoms with Gasteiger partial charge in [-0.15, -0.1) is 0 Å². The van der Waals surface area contributed by atoms with E-state index in [1.165, 1.54) is 12.1 Å². The fraction of sp³-hybridized carbons (Fsp3) is 0.0909. The SMILES string of the molecule is O=C(O)Cc1cc2cccc(O)c2[nH]c1=O. The molecule has 3 N–H and O–H groups in total. The quantitative estimate of drug-likeness (QED) is 0.698. The Labute approximate surface area is 90.0 Å². The summed E-state index contributed by atoms with van der Waals surface area (Å²) >= 11 is 0. The molecule has 1 aromatic heterocycles. The first-order valence-corrected chi connectivity index (χ1v) is 4.63. The molecule has 0 radical (unpaired) electrons. The van der Waals surface area contributed by atoms with Crippen molar-refractivity contribution >= 4 is 16.9 Å². The number of rotatable bonds is 2. The summed E-state index contributed by atoms with van der Waals surface area (Å²) in [7, 11) is 0. The van der Waals surface area contributed by atoms with Gasteiger partial charge in [0.05, 0.1) is 11.9 Å². The number of hydrogen-bond acceptors (Lipinski definition) is 3. The first kappa shape index (κ1) is 10.2. The monoisotopic (exact) mass is 219 g/mol. The predicted octanol–water partition coefficient (Wildman–Crippen LogP) is 0.861. The number of aromatic amines is 1. The van der Waals surface area contributed by atoms with Crippen molar-refractivity contribution in [2.45, 2.75) is 6.42 Å². The third-order valence-corrected chi connectivity index (χ3v) is 2.28. The maximum Gasteiger partial charge on any atom is 0.308 e. The summed E-state index contributed by atoms with van der Waals surface area (Å²) in [5.41, 5.74) is 0.00337. The number of benzene rings is 1. The van der Waals surface area contributed by atoms with Crippen molar-refractivity contribution in [1.82, 2.24) is 4.98 Å². The van der Waals surface area contributed by atoms with Crippen LogP contribution in [0.4, 0.5) is 0 Å². The van der Waals surface area contributed by atoms with Gasteiger partial charge in [-0.2, -0.15) is 0 Å². The zero-order valence-electron chi connectivity index (χ0n) is 8.23. The van der Waals surface area contributed by atoms with E-state index in [-0.39, 0.29) is 17.7 Å². The van der Waals surface area contributed by atoms with Crippen LogP contribution in [0.2, 0.25) is 0 Å². The van der Waals surface area contributed by atoms with Gasteiger partial charge in [-0.25, -0.2) is 0 Å². The standard InChI is InChI=1S/C11H9NO4/c13-8-3-1-2-6-4-7(5-9(14)15)11(16)12-10(6)8/h1-4,13H,5H2,(H,12,16)(H,14,15). The fourth-order valence-corrected chi connectivity index (χ4v) is 1.56. The molecule has 0 fully saturated rings. The number of carboxylic acid groups (broad SMARTS) is 1. The van der Waals surface area contributed by atoms with Crippen LogP contribution >= 0.6 is 0 Å². The molecule has 0 spiro atoms. The Morgan fingerprint density at radius 2 is 2.12 bits per heavy atom. The number of phenolic OH excluding ortho intramolecular Hbond substituents is 1. The van der Waals surface area contributed by atoms with Crippen LogP contribution in [0.3, 0.4) is 0 Å². The van der Waals surface area contributed by atoms with Crippen molar-refractivity contribution in [3.05, 3.63) is 40.2 Å². The van der Waals surface area contributed by atoms with Crippen LogP contribution in [0.1, 0.15) is 5.56 Å². The molecule has 2 aromatic rings. The first-order chi connectivity index (χ1) is 7.58. The number of aromatic nitrogens is 1. The second-order valence-corrected chi connectivity index (χ2v) is 3.44. The van der Waals surface area contributed by atoms with Crippen LogP contribution in [0.5, 0.6) is 5.75 Å². The lowest BCUT2D eigenvalue weighted by molar-refractivity contribution is -0.136. The molecule has 0 bridgehead atoms. The molecule has 82 valence electrons. The number of carboxylic acids is 1. The lowest BCUT2D eigenvalue weighted by atomic mass is 10.1. The molecule has 5 nitrogen and oxygen atoms in total. The Bertz CT molecular complexity index is 615. The van der Waals surface area contributed by atoms with Gasteiger partial charge < -0.3 is 15.2 Å². The van der Waals surface area contributed by atoms with Crippen molar-refractivity contribution in [2.75, 3.05) is 0 Å². The molecule has 0 unspecified atom stereocenters. The second kappa shape index (κ2) is 3.69. The van der Waals surface area contributed by atoms with E-state index in [1.807, 2.05) is 0 Å². The van der Waals surface area contributed by atoms with Gasteiger partial charge in [-0.3, -0.25) is 9.59 Å². The average Bonchev–Trinajstić information content (AvgIpc) is 2.20. The van der Waals surface area contributed by atoms with E-state index in [2.05, 4.69) is 4.98 Å². The van der Waals surface area contributed by atoms with Gasteiger partial charge in [-0.05, 0) is 12.1 Å². The zero-order valence-corrected chi connectivity index (χ0v) is 8.23. The molecule has 0 aliphatic rings. The number of fused-ring (bicyclic) bond motifs is 1. The summed E-state index contributed by atoms with van der Waals surface area (Å²) in [6.45, 7) is 0. The fourth-order valence-electron chi connectivity index (χ4n) is 1.56. The minimum Gasteiger partial charge on any atom is -0.506 e. The molecule has 1 heterocycles. The minimum absolute atomic E-state index is 0.0310. The zero-order chi connectivity index (χ0) is 11.7. The highest BCUT2D eigenvalue weighted by Gasteiger charge is 2.08. The highest BCUT2D eigenvalue weighted by atomic mass is 16.4. The van der Waals surface area contributed by atoms with Crippen molar-refractivity contribution < 1.29 is 15.0 Å². The third-order valence-electron chi connectivity index (χ3n) is 2.28. The topological polar surface area (TPSA) is 90.4 Å². The van der Waals surface area contributed by atoms with Gasteiger partial charge in [0.15, 0.2) is 0 Å². The smallest absolute Gasteiger partial charge is 0.308 e. The summed E-state index contributed by atoms with van der Waals surface area (Å²) in [5.74, 6) is -1.10. The van der Waals surface area contributed by atoms with E-state index in [0.717, 1.165) is 0 Å².